The molecule has 0 aliphatic rings. The van der Waals surface area contributed by atoms with Gasteiger partial charge in [-0.25, -0.2) is 0 Å². The number of pyridine rings is 1. The molecule has 0 saturated heterocycles. The molecule has 5 rings (SSSR count). The van der Waals surface area contributed by atoms with Crippen molar-refractivity contribution in [2.24, 2.45) is 0 Å². The summed E-state index contributed by atoms with van der Waals surface area (Å²) < 4.78 is 1.25. The molecule has 0 aliphatic heterocycles. The molecule has 1 radical (unpaired) electrons. The summed E-state index contributed by atoms with van der Waals surface area (Å²) in [5.41, 5.74) is 5.62. The van der Waals surface area contributed by atoms with Crippen molar-refractivity contribution in [3.05, 3.63) is 115 Å². The summed E-state index contributed by atoms with van der Waals surface area (Å²) in [6.07, 6.45) is 3.14. The number of hydrogen-bond donors (Lipinski definition) is 1. The summed E-state index contributed by atoms with van der Waals surface area (Å²) in [4.78, 5) is 16.0. The maximum atomic E-state index is 10.0. The number of allylic oxidation sites excluding steroid dienone is 2. The number of aliphatic hydroxyl groups is 1. The predicted octanol–water partition coefficient (Wildman–Crippen LogP) is 8.13. The molecule has 177 valence electrons. The van der Waals surface area contributed by atoms with E-state index in [1.807, 2.05) is 24.4 Å². The largest absolute Gasteiger partial charge is 0.512 e. The van der Waals surface area contributed by atoms with E-state index in [1.165, 1.54) is 51.6 Å². The first-order chi connectivity index (χ1) is 16.5. The molecule has 5 heteroatoms. The molecule has 0 atom stereocenters. The number of hydrogen-bond acceptors (Lipinski definition) is 4. The van der Waals surface area contributed by atoms with Crippen molar-refractivity contribution in [2.75, 3.05) is 0 Å². The monoisotopic (exact) mass is 655 g/mol. The first-order valence-corrected chi connectivity index (χ1v) is 11.7. The number of nitrogens with zero attached hydrogens (tertiary/aromatic N) is 1. The Hall–Kier alpha value is -3.37. The van der Waals surface area contributed by atoms with E-state index in [1.54, 1.807) is 11.3 Å². The zero-order chi connectivity index (χ0) is 23.9. The Morgan fingerprint density at radius 3 is 2.14 bits per heavy atom. The van der Waals surface area contributed by atoms with Gasteiger partial charge in [-0.05, 0) is 36.7 Å². The van der Waals surface area contributed by atoms with E-state index in [4.69, 9.17) is 10.1 Å². The van der Waals surface area contributed by atoms with Gasteiger partial charge >= 0.3 is 0 Å². The average Bonchev–Trinajstić information content (AvgIpc) is 3.28. The second-order valence-corrected chi connectivity index (χ2v) is 8.92. The van der Waals surface area contributed by atoms with Gasteiger partial charge in [-0.15, -0.1) is 46.7 Å². The quantitative estimate of drug-likeness (QED) is 0.121. The molecule has 2 heterocycles. The number of thiophene rings is 1. The third kappa shape index (κ3) is 7.06. The van der Waals surface area contributed by atoms with Gasteiger partial charge < -0.3 is 10.1 Å². The van der Waals surface area contributed by atoms with Gasteiger partial charge in [0.15, 0.2) is 5.78 Å². The number of aliphatic hydroxyl groups excluding tert-OH is 1. The Morgan fingerprint density at radius 2 is 1.54 bits per heavy atom. The number of benzene rings is 3. The molecule has 3 aromatic carbocycles. The number of carbonyl (C=O) groups excluding carboxylic acids is 1. The molecule has 0 saturated carbocycles. The Kier molecular flexibility index (Phi) is 9.27. The van der Waals surface area contributed by atoms with Crippen LogP contribution in [-0.4, -0.2) is 15.9 Å². The minimum atomic E-state index is -0.125. The van der Waals surface area contributed by atoms with Gasteiger partial charge in [-0.2, -0.15) is 0 Å². The van der Waals surface area contributed by atoms with Gasteiger partial charge in [-0.1, -0.05) is 66.7 Å². The Labute approximate surface area is 223 Å². The summed E-state index contributed by atoms with van der Waals surface area (Å²) in [7, 11) is 0. The molecule has 5 aromatic rings. The fraction of sp³-hybridized carbons (Fsp3) is 0.0667. The van der Waals surface area contributed by atoms with Gasteiger partial charge in [0.25, 0.3) is 0 Å². The summed E-state index contributed by atoms with van der Waals surface area (Å²) >= 11 is 1.81. The first kappa shape index (κ1) is 26.2. The normalized spacial score (nSPS) is 10.7. The average molecular weight is 655 g/mol. The van der Waals surface area contributed by atoms with E-state index in [0.29, 0.717) is 0 Å². The standard InChI is InChI=1S/C25H16NS.C5H8O2.Ir/c1-3-8-18(9-4-1)20-12-7-13-21(14-20)23-16-25-22(17-26-23)15-24(27-25)19-10-5-2-6-11-19;1-4(6)3-5(2)7;/h1-12,14-17H;3,6H,1-2H3;/q-1;;/b;4-3-;. The SMILES string of the molecule is CC(=O)/C=C(/C)O.[Ir].[c-]1ccc(-c2ccccc2)cc1-c1cc2sc(-c3ccccc3)cc2cn1. The molecule has 0 aliphatic carbocycles. The predicted molar refractivity (Wildman–Crippen MR) is 142 cm³/mol. The maximum absolute atomic E-state index is 10.0. The number of aromatic nitrogens is 1. The number of ketones is 1. The van der Waals surface area contributed by atoms with E-state index in [2.05, 4.69) is 78.9 Å². The van der Waals surface area contributed by atoms with Gasteiger partial charge in [0, 0.05) is 47.3 Å². The second kappa shape index (κ2) is 12.4. The van der Waals surface area contributed by atoms with Crippen LogP contribution in [0.2, 0.25) is 0 Å². The van der Waals surface area contributed by atoms with Crippen LogP contribution in [0.4, 0.5) is 0 Å². The Balaban J connectivity index is 0.000000378. The van der Waals surface area contributed by atoms with E-state index in [-0.39, 0.29) is 31.6 Å². The van der Waals surface area contributed by atoms with Crippen molar-refractivity contribution in [1.29, 1.82) is 0 Å². The van der Waals surface area contributed by atoms with Crippen LogP contribution in [0.15, 0.2) is 109 Å². The molecule has 3 nitrogen and oxygen atoms in total. The Morgan fingerprint density at radius 1 is 0.886 bits per heavy atom. The van der Waals surface area contributed by atoms with Crippen molar-refractivity contribution >= 4 is 27.2 Å². The maximum Gasteiger partial charge on any atom is 0.155 e. The van der Waals surface area contributed by atoms with Crippen LogP contribution in [0.25, 0.3) is 42.9 Å². The van der Waals surface area contributed by atoms with Crippen molar-refractivity contribution in [1.82, 2.24) is 4.98 Å². The third-order valence-electron chi connectivity index (χ3n) is 5.06. The van der Waals surface area contributed by atoms with Crippen LogP contribution in [-0.2, 0) is 24.9 Å². The van der Waals surface area contributed by atoms with Gasteiger partial charge in [0.05, 0.1) is 5.76 Å². The van der Waals surface area contributed by atoms with Crippen LogP contribution in [0.5, 0.6) is 0 Å². The fourth-order valence-electron chi connectivity index (χ4n) is 3.54. The van der Waals surface area contributed by atoms with E-state index >= 15 is 0 Å². The van der Waals surface area contributed by atoms with Crippen LogP contribution in [0, 0.1) is 6.07 Å². The minimum Gasteiger partial charge on any atom is -0.512 e. The van der Waals surface area contributed by atoms with E-state index < -0.39 is 0 Å². The third-order valence-corrected chi connectivity index (χ3v) is 6.20. The summed E-state index contributed by atoms with van der Waals surface area (Å²) in [5.74, 6) is -0.0625. The fourth-order valence-corrected chi connectivity index (χ4v) is 4.62. The number of carbonyl (C=O) groups is 1. The van der Waals surface area contributed by atoms with Crippen LogP contribution >= 0.6 is 11.3 Å². The number of rotatable bonds is 4. The number of fused-ring (bicyclic) bond motifs is 1. The molecule has 2 aromatic heterocycles. The Bertz CT molecular complexity index is 1440. The molecule has 0 bridgehead atoms. The van der Waals surface area contributed by atoms with E-state index in [0.717, 1.165) is 11.3 Å². The van der Waals surface area contributed by atoms with Crippen LogP contribution in [0.1, 0.15) is 13.8 Å². The van der Waals surface area contributed by atoms with Gasteiger partial charge in [0.1, 0.15) is 0 Å². The molecule has 0 fully saturated rings. The van der Waals surface area contributed by atoms with Crippen molar-refractivity contribution in [2.45, 2.75) is 13.8 Å². The zero-order valence-electron chi connectivity index (χ0n) is 19.4. The van der Waals surface area contributed by atoms with Crippen LogP contribution in [0.3, 0.4) is 0 Å². The summed E-state index contributed by atoms with van der Waals surface area (Å²) in [6, 6.07) is 34.9. The van der Waals surface area contributed by atoms with Crippen molar-refractivity contribution in [3.63, 3.8) is 0 Å². The summed E-state index contributed by atoms with van der Waals surface area (Å²) in [6.45, 7) is 2.85. The van der Waals surface area contributed by atoms with Crippen molar-refractivity contribution in [3.8, 4) is 32.8 Å². The van der Waals surface area contributed by atoms with Gasteiger partial charge in [-0.3, -0.25) is 4.79 Å². The molecule has 0 amide bonds. The summed E-state index contributed by atoms with van der Waals surface area (Å²) in [5, 5.41) is 9.55. The molecular formula is C30H24IrNO2S-. The molecular weight excluding hydrogens is 631 g/mol. The molecule has 0 spiro atoms. The smallest absolute Gasteiger partial charge is 0.155 e. The molecule has 0 unspecified atom stereocenters. The first-order valence-electron chi connectivity index (χ1n) is 10.9. The van der Waals surface area contributed by atoms with Crippen LogP contribution < -0.4 is 0 Å². The minimum absolute atomic E-state index is 0. The van der Waals surface area contributed by atoms with E-state index in [9.17, 15) is 4.79 Å². The topological polar surface area (TPSA) is 50.2 Å². The molecule has 1 N–H and O–H groups in total. The van der Waals surface area contributed by atoms with Crippen molar-refractivity contribution < 1.29 is 30.0 Å². The zero-order valence-corrected chi connectivity index (χ0v) is 22.6. The van der Waals surface area contributed by atoms with Gasteiger partial charge in [0.2, 0.25) is 0 Å². The second-order valence-electron chi connectivity index (χ2n) is 7.84. The molecule has 35 heavy (non-hydrogen) atoms.